The summed E-state index contributed by atoms with van der Waals surface area (Å²) in [5, 5.41) is 1.61. The van der Waals surface area contributed by atoms with Crippen LogP contribution in [0.3, 0.4) is 0 Å². The fraction of sp³-hybridized carbons (Fsp3) is 0.529. The molecule has 0 saturated heterocycles. The molecule has 1 aliphatic carbocycles. The van der Waals surface area contributed by atoms with Gasteiger partial charge in [0.05, 0.1) is 0 Å². The van der Waals surface area contributed by atoms with Crippen molar-refractivity contribution in [1.82, 2.24) is 4.98 Å². The minimum absolute atomic E-state index is 0.198. The maximum Gasteiger partial charge on any atom is 0.106 e. The Morgan fingerprint density at radius 1 is 1.00 bits per heavy atom. The molecule has 1 aromatic rings. The molecule has 0 aromatic carbocycles. The van der Waals surface area contributed by atoms with Gasteiger partial charge >= 0.3 is 0 Å². The highest BCUT2D eigenvalue weighted by Crippen LogP contribution is 2.34. The first-order chi connectivity index (χ1) is 9.00. The zero-order valence-electron chi connectivity index (χ0n) is 13.3. The van der Waals surface area contributed by atoms with Gasteiger partial charge in [-0.05, 0) is 35.0 Å². The molecule has 1 aliphatic rings. The normalized spacial score (nSPS) is 15.4. The van der Waals surface area contributed by atoms with E-state index in [9.17, 15) is 0 Å². The van der Waals surface area contributed by atoms with Crippen LogP contribution in [0.15, 0.2) is 35.0 Å². The van der Waals surface area contributed by atoms with E-state index in [-0.39, 0.29) is 10.8 Å². The second kappa shape index (κ2) is 6.41. The molecule has 0 unspecified atom stereocenters. The minimum atomic E-state index is 0.198. The molecule has 0 atom stereocenters. The highest BCUT2D eigenvalue weighted by atomic mass is 35.5. The van der Waals surface area contributed by atoms with Crippen molar-refractivity contribution in [2.75, 3.05) is 0 Å². The molecule has 1 nitrogen and oxygen atoms in total. The van der Waals surface area contributed by atoms with Gasteiger partial charge in [0.15, 0.2) is 0 Å². The Labute approximate surface area is 133 Å². The van der Waals surface area contributed by atoms with Crippen LogP contribution in [0.2, 0.25) is 5.15 Å². The summed E-state index contributed by atoms with van der Waals surface area (Å²) in [5.41, 5.74) is 3.16. The highest BCUT2D eigenvalue weighted by molar-refractivity contribution is 6.31. The van der Waals surface area contributed by atoms with Crippen molar-refractivity contribution in [1.29, 1.82) is 0 Å². The number of rotatable bonds is 0. The van der Waals surface area contributed by atoms with Gasteiger partial charge in [0.1, 0.15) is 5.15 Å². The SMILES string of the molecule is CC(C)(C)C1=CC(Cl)=CC1.CC(C)(C)c1c[nH]c(Cl)c1. The van der Waals surface area contributed by atoms with Crippen molar-refractivity contribution < 1.29 is 0 Å². The van der Waals surface area contributed by atoms with Crippen molar-refractivity contribution in [3.63, 3.8) is 0 Å². The lowest BCUT2D eigenvalue weighted by atomic mass is 9.86. The quantitative estimate of drug-likeness (QED) is 0.566. The average molecular weight is 314 g/mol. The largest absolute Gasteiger partial charge is 0.352 e. The molecule has 1 heterocycles. The number of nitrogens with one attached hydrogen (secondary N) is 1. The fourth-order valence-corrected chi connectivity index (χ4v) is 2.19. The van der Waals surface area contributed by atoms with Crippen LogP contribution in [-0.4, -0.2) is 4.98 Å². The average Bonchev–Trinajstić information content (AvgIpc) is 2.85. The summed E-state index contributed by atoms with van der Waals surface area (Å²) in [7, 11) is 0. The maximum atomic E-state index is 5.80. The fourth-order valence-electron chi connectivity index (χ4n) is 1.81. The summed E-state index contributed by atoms with van der Waals surface area (Å²) >= 11 is 11.5. The first-order valence-electron chi connectivity index (χ1n) is 6.91. The second-order valence-corrected chi connectivity index (χ2v) is 8.04. The van der Waals surface area contributed by atoms with Gasteiger partial charge in [-0.25, -0.2) is 0 Å². The molecule has 1 aromatic heterocycles. The number of allylic oxidation sites excluding steroid dienone is 4. The number of aromatic nitrogens is 1. The summed E-state index contributed by atoms with van der Waals surface area (Å²) in [6.07, 6.45) is 7.11. The molecule has 0 amide bonds. The van der Waals surface area contributed by atoms with Crippen LogP contribution in [-0.2, 0) is 5.41 Å². The van der Waals surface area contributed by atoms with Crippen molar-refractivity contribution in [2.24, 2.45) is 5.41 Å². The van der Waals surface area contributed by atoms with Crippen molar-refractivity contribution in [2.45, 2.75) is 53.4 Å². The molecular formula is C17H25Cl2N. The summed E-state index contributed by atoms with van der Waals surface area (Å²) in [4.78, 5) is 2.94. The van der Waals surface area contributed by atoms with Gasteiger partial charge < -0.3 is 4.98 Å². The van der Waals surface area contributed by atoms with Crippen molar-refractivity contribution in [3.8, 4) is 0 Å². The molecule has 2 rings (SSSR count). The van der Waals surface area contributed by atoms with E-state index in [2.05, 4.69) is 58.7 Å². The number of hydrogen-bond acceptors (Lipinski definition) is 0. The first-order valence-corrected chi connectivity index (χ1v) is 7.67. The number of aromatic amines is 1. The number of H-pyrrole nitrogens is 1. The number of halogens is 2. The molecule has 20 heavy (non-hydrogen) atoms. The van der Waals surface area contributed by atoms with Crippen LogP contribution < -0.4 is 0 Å². The molecule has 1 N–H and O–H groups in total. The third-order valence-electron chi connectivity index (χ3n) is 3.31. The summed E-state index contributed by atoms with van der Waals surface area (Å²) in [6.45, 7) is 13.1. The molecule has 0 fully saturated rings. The predicted molar refractivity (Wildman–Crippen MR) is 90.6 cm³/mol. The number of hydrogen-bond donors (Lipinski definition) is 1. The van der Waals surface area contributed by atoms with E-state index in [1.165, 1.54) is 11.1 Å². The lowest BCUT2D eigenvalue weighted by Gasteiger charge is -2.19. The van der Waals surface area contributed by atoms with E-state index < -0.39 is 0 Å². The summed E-state index contributed by atoms with van der Waals surface area (Å²) < 4.78 is 0. The Balaban J connectivity index is 0.000000200. The molecule has 0 aliphatic heterocycles. The molecule has 0 radical (unpaired) electrons. The van der Waals surface area contributed by atoms with Gasteiger partial charge in [-0.3, -0.25) is 0 Å². The van der Waals surface area contributed by atoms with Gasteiger partial charge in [0.2, 0.25) is 0 Å². The molecule has 112 valence electrons. The Morgan fingerprint density at radius 3 is 1.80 bits per heavy atom. The van der Waals surface area contributed by atoms with E-state index in [4.69, 9.17) is 23.2 Å². The monoisotopic (exact) mass is 313 g/mol. The Bertz CT molecular complexity index is 508. The van der Waals surface area contributed by atoms with Crippen LogP contribution in [0.1, 0.15) is 53.5 Å². The van der Waals surface area contributed by atoms with E-state index in [1.54, 1.807) is 0 Å². The van der Waals surface area contributed by atoms with Crippen LogP contribution >= 0.6 is 23.2 Å². The van der Waals surface area contributed by atoms with E-state index >= 15 is 0 Å². The van der Waals surface area contributed by atoms with E-state index in [0.717, 1.165) is 11.5 Å². The molecule has 3 heteroatoms. The summed E-state index contributed by atoms with van der Waals surface area (Å²) in [5.74, 6) is 0. The predicted octanol–water partition coefficient (Wildman–Crippen LogP) is 6.45. The van der Waals surface area contributed by atoms with E-state index in [1.807, 2.05) is 12.3 Å². The Kier molecular flexibility index (Phi) is 5.57. The lowest BCUT2D eigenvalue weighted by Crippen LogP contribution is -2.08. The third kappa shape index (κ3) is 5.38. The Hall–Kier alpha value is -0.660. The zero-order chi connectivity index (χ0) is 15.6. The third-order valence-corrected chi connectivity index (χ3v) is 3.79. The van der Waals surface area contributed by atoms with Crippen LogP contribution in [0, 0.1) is 5.41 Å². The van der Waals surface area contributed by atoms with Crippen molar-refractivity contribution in [3.05, 3.63) is 45.7 Å². The van der Waals surface area contributed by atoms with Crippen molar-refractivity contribution >= 4 is 23.2 Å². The topological polar surface area (TPSA) is 15.8 Å². The zero-order valence-corrected chi connectivity index (χ0v) is 14.8. The maximum absolute atomic E-state index is 5.80. The lowest BCUT2D eigenvalue weighted by molar-refractivity contribution is 0.496. The van der Waals surface area contributed by atoms with Gasteiger partial charge in [-0.15, -0.1) is 0 Å². The molecule has 0 spiro atoms. The molecule has 0 bridgehead atoms. The summed E-state index contributed by atoms with van der Waals surface area (Å²) in [6, 6.07) is 1.96. The molecule has 0 saturated carbocycles. The second-order valence-electron chi connectivity index (χ2n) is 7.20. The van der Waals surface area contributed by atoms with Crippen LogP contribution in [0.4, 0.5) is 0 Å². The van der Waals surface area contributed by atoms with Crippen LogP contribution in [0.5, 0.6) is 0 Å². The van der Waals surface area contributed by atoms with Gasteiger partial charge in [-0.2, -0.15) is 0 Å². The Morgan fingerprint density at radius 2 is 1.60 bits per heavy atom. The van der Waals surface area contributed by atoms with Gasteiger partial charge in [0, 0.05) is 11.2 Å². The minimum Gasteiger partial charge on any atom is -0.352 e. The molecular weight excluding hydrogens is 289 g/mol. The highest BCUT2D eigenvalue weighted by Gasteiger charge is 2.18. The first kappa shape index (κ1) is 17.4. The van der Waals surface area contributed by atoms with Gasteiger partial charge in [0.25, 0.3) is 0 Å². The standard InChI is InChI=1S/C9H13Cl.C8H12ClN/c1-9(2,3)7-4-5-8(10)6-7;1-8(2,3)6-4-7(9)10-5-6/h5-6H,4H2,1-3H3;4-5,10H,1-3H3. The smallest absolute Gasteiger partial charge is 0.106 e. The van der Waals surface area contributed by atoms with Crippen LogP contribution in [0.25, 0.3) is 0 Å². The van der Waals surface area contributed by atoms with Gasteiger partial charge in [-0.1, -0.05) is 76.4 Å². The van der Waals surface area contributed by atoms with E-state index in [0.29, 0.717) is 5.15 Å².